The predicted molar refractivity (Wildman–Crippen MR) is 69.9 cm³/mol. The van der Waals surface area contributed by atoms with Crippen LogP contribution in [0.15, 0.2) is 24.4 Å². The summed E-state index contributed by atoms with van der Waals surface area (Å²) < 4.78 is 5.35. The van der Waals surface area contributed by atoms with Gasteiger partial charge in [0.25, 0.3) is 0 Å². The lowest BCUT2D eigenvalue weighted by molar-refractivity contribution is 0.404. The van der Waals surface area contributed by atoms with Gasteiger partial charge in [-0.3, -0.25) is 10.9 Å². The molecule has 0 bridgehead atoms. The van der Waals surface area contributed by atoms with Crippen molar-refractivity contribution in [3.05, 3.63) is 41.1 Å². The number of aromatic amines is 1. The third kappa shape index (κ3) is 2.15. The number of hydrogen-bond donors (Lipinski definition) is 4. The van der Waals surface area contributed by atoms with Gasteiger partial charge in [0.05, 0.1) is 19.3 Å². The monoisotopic (exact) mass is 247 g/mol. The Labute approximate surface area is 105 Å². The third-order valence-electron chi connectivity index (χ3n) is 2.87. The van der Waals surface area contributed by atoms with Crippen molar-refractivity contribution in [2.24, 2.45) is 5.84 Å². The first-order chi connectivity index (χ1) is 8.67. The summed E-state index contributed by atoms with van der Waals surface area (Å²) in [5.74, 6) is 6.88. The second-order valence-corrected chi connectivity index (χ2v) is 4.08. The number of hydrogen-bond acceptors (Lipinski definition) is 5. The molecule has 6 nitrogen and oxygen atoms in total. The number of nitrogens with two attached hydrogens (primary N) is 2. The van der Waals surface area contributed by atoms with Gasteiger partial charge >= 0.3 is 0 Å². The molecule has 1 aromatic heterocycles. The first-order valence-electron chi connectivity index (χ1n) is 5.56. The summed E-state index contributed by atoms with van der Waals surface area (Å²) in [5.41, 5.74) is 11.4. The molecule has 1 atom stereocenters. The number of aromatic nitrogens is 2. The second kappa shape index (κ2) is 5.07. The molecule has 0 saturated carbocycles. The summed E-state index contributed by atoms with van der Waals surface area (Å²) in [6.45, 7) is 2.01. The molecule has 0 aliphatic rings. The van der Waals surface area contributed by atoms with Gasteiger partial charge in [-0.15, -0.1) is 0 Å². The van der Waals surface area contributed by atoms with Crippen molar-refractivity contribution in [1.82, 2.24) is 15.6 Å². The number of aryl methyl sites for hydroxylation is 1. The van der Waals surface area contributed by atoms with Crippen LogP contribution in [0.2, 0.25) is 0 Å². The summed E-state index contributed by atoms with van der Waals surface area (Å²) in [7, 11) is 1.63. The fourth-order valence-corrected chi connectivity index (χ4v) is 1.96. The zero-order valence-electron chi connectivity index (χ0n) is 10.4. The minimum atomic E-state index is -0.265. The SMILES string of the molecule is COc1ccc(C)cc1C(NN)c1cn[nH]c1N. The molecule has 2 rings (SSSR count). The van der Waals surface area contributed by atoms with Crippen LogP contribution in [-0.2, 0) is 0 Å². The smallest absolute Gasteiger partial charge is 0.124 e. The average molecular weight is 247 g/mol. The molecule has 0 fully saturated rings. The number of anilines is 1. The number of H-pyrrole nitrogens is 1. The Morgan fingerprint density at radius 1 is 1.39 bits per heavy atom. The first-order valence-corrected chi connectivity index (χ1v) is 5.56. The van der Waals surface area contributed by atoms with E-state index >= 15 is 0 Å². The van der Waals surface area contributed by atoms with Crippen molar-refractivity contribution in [2.75, 3.05) is 12.8 Å². The van der Waals surface area contributed by atoms with E-state index in [-0.39, 0.29) is 6.04 Å². The lowest BCUT2D eigenvalue weighted by Crippen LogP contribution is -2.29. The van der Waals surface area contributed by atoms with Gasteiger partial charge in [-0.1, -0.05) is 17.7 Å². The van der Waals surface area contributed by atoms with E-state index in [1.807, 2.05) is 25.1 Å². The second-order valence-electron chi connectivity index (χ2n) is 4.08. The van der Waals surface area contributed by atoms with Gasteiger partial charge in [0, 0.05) is 11.1 Å². The molecule has 6 heteroatoms. The topological polar surface area (TPSA) is 102 Å². The van der Waals surface area contributed by atoms with E-state index in [0.29, 0.717) is 5.82 Å². The molecule has 0 amide bonds. The van der Waals surface area contributed by atoms with E-state index in [9.17, 15) is 0 Å². The Hall–Kier alpha value is -2.05. The predicted octanol–water partition coefficient (Wildman–Crippen LogP) is 0.862. The number of hydrazine groups is 1. The van der Waals surface area contributed by atoms with Crippen molar-refractivity contribution >= 4 is 5.82 Å². The Bertz CT molecular complexity index is 537. The number of methoxy groups -OCH3 is 1. The normalized spacial score (nSPS) is 12.4. The molecular formula is C12H17N5O. The highest BCUT2D eigenvalue weighted by Gasteiger charge is 2.20. The molecule has 96 valence electrons. The molecule has 0 radical (unpaired) electrons. The highest BCUT2D eigenvalue weighted by atomic mass is 16.5. The molecule has 0 aliphatic carbocycles. The fraction of sp³-hybridized carbons (Fsp3) is 0.250. The van der Waals surface area contributed by atoms with Gasteiger partial charge in [-0.05, 0) is 13.0 Å². The van der Waals surface area contributed by atoms with Gasteiger partial charge in [0.15, 0.2) is 0 Å². The molecule has 0 spiro atoms. The van der Waals surface area contributed by atoms with Crippen LogP contribution < -0.4 is 21.7 Å². The van der Waals surface area contributed by atoms with Crippen molar-refractivity contribution in [1.29, 1.82) is 0 Å². The number of nitrogen functional groups attached to an aromatic ring is 1. The van der Waals surface area contributed by atoms with Crippen LogP contribution in [0.1, 0.15) is 22.7 Å². The molecule has 0 saturated heterocycles. The number of benzene rings is 1. The molecule has 1 unspecified atom stereocenters. The minimum absolute atomic E-state index is 0.265. The van der Waals surface area contributed by atoms with Crippen LogP contribution in [0.4, 0.5) is 5.82 Å². The van der Waals surface area contributed by atoms with E-state index in [1.54, 1.807) is 13.3 Å². The quantitative estimate of drug-likeness (QED) is 0.474. The highest BCUT2D eigenvalue weighted by Crippen LogP contribution is 2.32. The van der Waals surface area contributed by atoms with Gasteiger partial charge in [0.1, 0.15) is 11.6 Å². The summed E-state index contributed by atoms with van der Waals surface area (Å²) >= 11 is 0. The molecule has 6 N–H and O–H groups in total. The maximum absolute atomic E-state index is 5.83. The zero-order valence-corrected chi connectivity index (χ0v) is 10.4. The third-order valence-corrected chi connectivity index (χ3v) is 2.87. The Morgan fingerprint density at radius 2 is 2.17 bits per heavy atom. The minimum Gasteiger partial charge on any atom is -0.496 e. The number of nitrogens with one attached hydrogen (secondary N) is 2. The summed E-state index contributed by atoms with van der Waals surface area (Å²) in [6.07, 6.45) is 1.65. The maximum atomic E-state index is 5.83. The van der Waals surface area contributed by atoms with Gasteiger partial charge in [-0.25, -0.2) is 5.43 Å². The van der Waals surface area contributed by atoms with Gasteiger partial charge in [0.2, 0.25) is 0 Å². The van der Waals surface area contributed by atoms with Crippen LogP contribution in [0.5, 0.6) is 5.75 Å². The van der Waals surface area contributed by atoms with Crippen LogP contribution in [0, 0.1) is 6.92 Å². The summed E-state index contributed by atoms with van der Waals surface area (Å²) in [5, 5.41) is 6.60. The zero-order chi connectivity index (χ0) is 13.1. The van der Waals surface area contributed by atoms with Gasteiger partial charge in [-0.2, -0.15) is 5.10 Å². The van der Waals surface area contributed by atoms with Crippen molar-refractivity contribution < 1.29 is 4.74 Å². The molecule has 1 heterocycles. The van der Waals surface area contributed by atoms with E-state index in [4.69, 9.17) is 16.3 Å². The number of ether oxygens (including phenoxy) is 1. The van der Waals surface area contributed by atoms with Crippen molar-refractivity contribution in [3.8, 4) is 5.75 Å². The van der Waals surface area contributed by atoms with E-state index in [0.717, 1.165) is 22.4 Å². The van der Waals surface area contributed by atoms with Crippen molar-refractivity contribution in [3.63, 3.8) is 0 Å². The number of nitrogens with zero attached hydrogens (tertiary/aromatic N) is 1. The molecule has 1 aromatic carbocycles. The maximum Gasteiger partial charge on any atom is 0.124 e. The Kier molecular flexibility index (Phi) is 3.50. The Balaban J connectivity index is 2.51. The van der Waals surface area contributed by atoms with E-state index in [1.165, 1.54) is 0 Å². The van der Waals surface area contributed by atoms with E-state index in [2.05, 4.69) is 15.6 Å². The van der Waals surface area contributed by atoms with Crippen LogP contribution >= 0.6 is 0 Å². The fourth-order valence-electron chi connectivity index (χ4n) is 1.96. The highest BCUT2D eigenvalue weighted by molar-refractivity contribution is 5.49. The van der Waals surface area contributed by atoms with Crippen LogP contribution in [0.3, 0.4) is 0 Å². The van der Waals surface area contributed by atoms with Crippen LogP contribution in [0.25, 0.3) is 0 Å². The summed E-state index contributed by atoms with van der Waals surface area (Å²) in [4.78, 5) is 0. The largest absolute Gasteiger partial charge is 0.496 e. The standard InChI is InChI=1S/C12H17N5O/c1-7-3-4-10(18-2)8(5-7)11(16-14)9-6-15-17-12(9)13/h3-6,11,16H,14H2,1-2H3,(H3,13,15,17). The van der Waals surface area contributed by atoms with Crippen molar-refractivity contribution in [2.45, 2.75) is 13.0 Å². The van der Waals surface area contributed by atoms with Crippen LogP contribution in [-0.4, -0.2) is 17.3 Å². The molecule has 0 aliphatic heterocycles. The average Bonchev–Trinajstić information content (AvgIpc) is 2.77. The summed E-state index contributed by atoms with van der Waals surface area (Å²) in [6, 6.07) is 5.63. The van der Waals surface area contributed by atoms with E-state index < -0.39 is 0 Å². The lowest BCUT2D eigenvalue weighted by atomic mass is 9.98. The Morgan fingerprint density at radius 3 is 2.72 bits per heavy atom. The molecular weight excluding hydrogens is 230 g/mol. The lowest BCUT2D eigenvalue weighted by Gasteiger charge is -2.19. The first kappa shape index (κ1) is 12.4. The van der Waals surface area contributed by atoms with Gasteiger partial charge < -0.3 is 10.5 Å². The molecule has 2 aromatic rings. The number of rotatable bonds is 4. The molecule has 18 heavy (non-hydrogen) atoms.